The quantitative estimate of drug-likeness (QED) is 0.517. The van der Waals surface area contributed by atoms with Crippen LogP contribution in [0.15, 0.2) is 35.6 Å². The number of rotatable bonds is 5. The van der Waals surface area contributed by atoms with Crippen molar-refractivity contribution in [2.45, 2.75) is 51.6 Å². The Labute approximate surface area is 110 Å². The van der Waals surface area contributed by atoms with Crippen molar-refractivity contribution >= 4 is 6.21 Å². The molecule has 0 amide bonds. The molecule has 0 heterocycles. The first-order chi connectivity index (χ1) is 8.52. The summed E-state index contributed by atoms with van der Waals surface area (Å²) in [5, 5.41) is 10.8. The predicted molar refractivity (Wildman–Crippen MR) is 78.8 cm³/mol. The molecule has 0 aromatic carbocycles. The van der Waals surface area contributed by atoms with E-state index in [1.807, 2.05) is 12.2 Å². The van der Waals surface area contributed by atoms with Gasteiger partial charge >= 0.3 is 0 Å². The second-order valence-electron chi connectivity index (χ2n) is 5.25. The van der Waals surface area contributed by atoms with Crippen LogP contribution in [0.25, 0.3) is 0 Å². The summed E-state index contributed by atoms with van der Waals surface area (Å²) in [6.45, 7) is 8.02. The number of nitrogens with one attached hydrogen (secondary N) is 2. The maximum Gasteiger partial charge on any atom is 0.0425 e. The van der Waals surface area contributed by atoms with Gasteiger partial charge in [0.05, 0.1) is 0 Å². The van der Waals surface area contributed by atoms with Crippen molar-refractivity contribution in [1.29, 1.82) is 5.41 Å². The first-order valence-electron chi connectivity index (χ1n) is 6.60. The highest BCUT2D eigenvalue weighted by atomic mass is 14.9. The van der Waals surface area contributed by atoms with Crippen LogP contribution in [0, 0.1) is 5.41 Å². The molecule has 0 spiro atoms. The summed E-state index contributed by atoms with van der Waals surface area (Å²) in [6, 6.07) is 0.817. The van der Waals surface area contributed by atoms with Crippen molar-refractivity contribution in [1.82, 2.24) is 5.32 Å². The summed E-state index contributed by atoms with van der Waals surface area (Å²) >= 11 is 0. The Bertz CT molecular complexity index is 354. The first-order valence-corrected chi connectivity index (χ1v) is 6.60. The van der Waals surface area contributed by atoms with Crippen molar-refractivity contribution in [3.05, 3.63) is 35.6 Å². The zero-order valence-electron chi connectivity index (χ0n) is 11.5. The lowest BCUT2D eigenvalue weighted by Gasteiger charge is -2.28. The molecule has 0 radical (unpaired) electrons. The van der Waals surface area contributed by atoms with E-state index < -0.39 is 0 Å². The van der Waals surface area contributed by atoms with E-state index >= 15 is 0 Å². The van der Waals surface area contributed by atoms with Crippen molar-refractivity contribution < 1.29 is 0 Å². The highest BCUT2D eigenvalue weighted by Gasteiger charge is 2.18. The van der Waals surface area contributed by atoms with E-state index in [1.165, 1.54) is 11.8 Å². The van der Waals surface area contributed by atoms with Crippen LogP contribution in [0.1, 0.15) is 39.5 Å². The third-order valence-corrected chi connectivity index (χ3v) is 3.23. The molecule has 18 heavy (non-hydrogen) atoms. The van der Waals surface area contributed by atoms with Crippen LogP contribution in [0.4, 0.5) is 0 Å². The number of hydrogen-bond donors (Lipinski definition) is 3. The monoisotopic (exact) mass is 247 g/mol. The third kappa shape index (κ3) is 4.88. The van der Waals surface area contributed by atoms with Gasteiger partial charge in [0.2, 0.25) is 0 Å². The summed E-state index contributed by atoms with van der Waals surface area (Å²) in [4.78, 5) is 0. The average molecular weight is 247 g/mol. The molecule has 100 valence electrons. The molecule has 0 bridgehead atoms. The Morgan fingerprint density at radius 1 is 1.22 bits per heavy atom. The van der Waals surface area contributed by atoms with Crippen LogP contribution in [0.2, 0.25) is 0 Å². The van der Waals surface area contributed by atoms with E-state index in [0.717, 1.165) is 37.0 Å². The van der Waals surface area contributed by atoms with E-state index in [9.17, 15) is 0 Å². The predicted octanol–water partition coefficient (Wildman–Crippen LogP) is 2.90. The van der Waals surface area contributed by atoms with Crippen LogP contribution in [0.3, 0.4) is 0 Å². The summed E-state index contributed by atoms with van der Waals surface area (Å²) in [6.07, 6.45) is 9.70. The van der Waals surface area contributed by atoms with Gasteiger partial charge in [-0.05, 0) is 45.6 Å². The van der Waals surface area contributed by atoms with Gasteiger partial charge in [-0.25, -0.2) is 0 Å². The van der Waals surface area contributed by atoms with Crippen molar-refractivity contribution in [2.75, 3.05) is 0 Å². The summed E-state index contributed by atoms with van der Waals surface area (Å²) in [5.41, 5.74) is 8.82. The van der Waals surface area contributed by atoms with Gasteiger partial charge in [0.1, 0.15) is 0 Å². The molecule has 1 fully saturated rings. The standard InChI is InChI=1S/C15H25N3/c1-11(2)4-9-15(12(3)10-16)18-14-7-5-13(17)6-8-14/h4,9-10,13-14,16,18H,3,5-8,17H2,1-2H3/b15-9+,16-10?. The molecular formula is C15H25N3. The molecule has 1 aliphatic rings. The molecule has 3 nitrogen and oxygen atoms in total. The SMILES string of the molecule is C=C(C=N)/C(=C\C=C(C)C)NC1CCC(N)CC1. The number of allylic oxidation sites excluding steroid dienone is 4. The molecule has 0 atom stereocenters. The first kappa shape index (κ1) is 14.7. The molecular weight excluding hydrogens is 222 g/mol. The van der Waals surface area contributed by atoms with Crippen molar-refractivity contribution in [3.63, 3.8) is 0 Å². The molecule has 0 aliphatic heterocycles. The highest BCUT2D eigenvalue weighted by molar-refractivity contribution is 5.81. The highest BCUT2D eigenvalue weighted by Crippen LogP contribution is 2.19. The summed E-state index contributed by atoms with van der Waals surface area (Å²) < 4.78 is 0. The van der Waals surface area contributed by atoms with Gasteiger partial charge in [-0.1, -0.05) is 18.2 Å². The van der Waals surface area contributed by atoms with Gasteiger partial charge in [0, 0.05) is 29.6 Å². The minimum Gasteiger partial charge on any atom is -0.382 e. The van der Waals surface area contributed by atoms with Gasteiger partial charge in [-0.2, -0.15) is 0 Å². The van der Waals surface area contributed by atoms with Gasteiger partial charge in [-0.3, -0.25) is 0 Å². The zero-order valence-corrected chi connectivity index (χ0v) is 11.5. The maximum absolute atomic E-state index is 7.33. The Morgan fingerprint density at radius 3 is 2.33 bits per heavy atom. The van der Waals surface area contributed by atoms with Crippen molar-refractivity contribution in [3.8, 4) is 0 Å². The lowest BCUT2D eigenvalue weighted by molar-refractivity contribution is 0.362. The Kier molecular flexibility index (Phi) is 5.86. The molecule has 0 aromatic heterocycles. The molecule has 1 rings (SSSR count). The molecule has 0 aromatic rings. The lowest BCUT2D eigenvalue weighted by atomic mass is 9.91. The molecule has 1 aliphatic carbocycles. The van der Waals surface area contributed by atoms with E-state index in [2.05, 4.69) is 25.7 Å². The fraction of sp³-hybridized carbons (Fsp3) is 0.533. The molecule has 3 heteroatoms. The third-order valence-electron chi connectivity index (χ3n) is 3.23. The fourth-order valence-electron chi connectivity index (χ4n) is 2.06. The fourth-order valence-corrected chi connectivity index (χ4v) is 2.06. The number of hydrogen-bond acceptors (Lipinski definition) is 3. The topological polar surface area (TPSA) is 61.9 Å². The number of nitrogens with two attached hydrogens (primary N) is 1. The zero-order chi connectivity index (χ0) is 13.5. The normalized spacial score (nSPS) is 24.3. The van der Waals surface area contributed by atoms with Crippen LogP contribution in [-0.4, -0.2) is 18.3 Å². The van der Waals surface area contributed by atoms with E-state index in [1.54, 1.807) is 0 Å². The molecule has 4 N–H and O–H groups in total. The second-order valence-corrected chi connectivity index (χ2v) is 5.25. The Morgan fingerprint density at radius 2 is 1.83 bits per heavy atom. The van der Waals surface area contributed by atoms with Gasteiger partial charge in [0.15, 0.2) is 0 Å². The van der Waals surface area contributed by atoms with E-state index in [4.69, 9.17) is 11.1 Å². The lowest BCUT2D eigenvalue weighted by Crippen LogP contribution is -2.37. The van der Waals surface area contributed by atoms with Crippen LogP contribution < -0.4 is 11.1 Å². The smallest absolute Gasteiger partial charge is 0.0425 e. The maximum atomic E-state index is 7.33. The van der Waals surface area contributed by atoms with E-state index in [-0.39, 0.29) is 0 Å². The Balaban J connectivity index is 2.67. The van der Waals surface area contributed by atoms with Gasteiger partial charge in [0.25, 0.3) is 0 Å². The van der Waals surface area contributed by atoms with Gasteiger partial charge < -0.3 is 16.5 Å². The minimum absolute atomic E-state index is 0.360. The average Bonchev–Trinajstić information content (AvgIpc) is 2.35. The summed E-state index contributed by atoms with van der Waals surface area (Å²) in [5.74, 6) is 0. The van der Waals surface area contributed by atoms with Crippen LogP contribution in [0.5, 0.6) is 0 Å². The minimum atomic E-state index is 0.360. The van der Waals surface area contributed by atoms with E-state index in [0.29, 0.717) is 12.1 Å². The molecule has 1 saturated carbocycles. The van der Waals surface area contributed by atoms with Gasteiger partial charge in [-0.15, -0.1) is 0 Å². The summed E-state index contributed by atoms with van der Waals surface area (Å²) in [7, 11) is 0. The molecule has 0 saturated heterocycles. The van der Waals surface area contributed by atoms with Crippen LogP contribution in [-0.2, 0) is 0 Å². The largest absolute Gasteiger partial charge is 0.382 e. The van der Waals surface area contributed by atoms with Crippen molar-refractivity contribution in [2.24, 2.45) is 5.73 Å². The molecule has 0 unspecified atom stereocenters. The second kappa shape index (κ2) is 7.17. The Hall–Kier alpha value is -1.35. The van der Waals surface area contributed by atoms with Crippen LogP contribution >= 0.6 is 0 Å².